The number of benzene rings is 3. The van der Waals surface area contributed by atoms with Gasteiger partial charge in [-0.3, -0.25) is 14.5 Å². The maximum absolute atomic E-state index is 15.4. The van der Waals surface area contributed by atoms with Crippen LogP contribution in [0.3, 0.4) is 0 Å². The minimum atomic E-state index is -4.78. The Hall–Kier alpha value is -5.21. The van der Waals surface area contributed by atoms with Crippen LogP contribution in [0.2, 0.25) is 0 Å². The summed E-state index contributed by atoms with van der Waals surface area (Å²) >= 11 is 0. The summed E-state index contributed by atoms with van der Waals surface area (Å²) in [6.45, 7) is 4.54. The molecule has 0 radical (unpaired) electrons. The van der Waals surface area contributed by atoms with E-state index in [1.165, 1.54) is 24.4 Å². The van der Waals surface area contributed by atoms with E-state index < -0.39 is 35.8 Å². The number of rotatable bonds is 14. The largest absolute Gasteiger partial charge is 0.497 e. The monoisotopic (exact) mass is 722 g/mol. The number of methoxy groups -OCH3 is 1. The van der Waals surface area contributed by atoms with Gasteiger partial charge >= 0.3 is 6.18 Å². The van der Waals surface area contributed by atoms with Gasteiger partial charge in [0.2, 0.25) is 11.8 Å². The molecule has 2 saturated heterocycles. The summed E-state index contributed by atoms with van der Waals surface area (Å²) in [7, 11) is 1.59. The molecule has 2 bridgehead atoms. The van der Waals surface area contributed by atoms with E-state index in [9.17, 15) is 22.8 Å². The fourth-order valence-electron chi connectivity index (χ4n) is 6.27. The number of hydrogen-bond donors (Lipinski definition) is 2. The fourth-order valence-corrected chi connectivity index (χ4v) is 6.27. The number of nitrogens with zero attached hydrogens (tertiary/aromatic N) is 2. The molecule has 10 nitrogen and oxygen atoms in total. The molecular weight excluding hydrogens is 684 g/mol. The van der Waals surface area contributed by atoms with Crippen LogP contribution in [0.1, 0.15) is 40.4 Å². The van der Waals surface area contributed by atoms with Crippen molar-refractivity contribution < 1.29 is 46.1 Å². The first-order chi connectivity index (χ1) is 25.0. The van der Waals surface area contributed by atoms with Crippen molar-refractivity contribution >= 4 is 17.5 Å². The van der Waals surface area contributed by atoms with Crippen molar-refractivity contribution in [2.24, 2.45) is 0 Å². The number of morpholine rings is 1. The smallest absolute Gasteiger partial charge is 0.416 e. The molecule has 3 heterocycles. The molecule has 1 aromatic heterocycles. The molecule has 0 spiro atoms. The van der Waals surface area contributed by atoms with Crippen molar-refractivity contribution in [3.63, 3.8) is 0 Å². The van der Waals surface area contributed by atoms with Crippen molar-refractivity contribution in [3.8, 4) is 28.5 Å². The predicted molar refractivity (Wildman–Crippen MR) is 184 cm³/mol. The number of aromatic nitrogens is 1. The third kappa shape index (κ3) is 8.98. The van der Waals surface area contributed by atoms with Crippen LogP contribution in [0.5, 0.6) is 17.4 Å². The predicted octanol–water partition coefficient (Wildman–Crippen LogP) is 6.28. The van der Waals surface area contributed by atoms with E-state index in [0.29, 0.717) is 42.5 Å². The quantitative estimate of drug-likeness (QED) is 0.147. The number of fused-ring (bicyclic) bond motifs is 2. The van der Waals surface area contributed by atoms with Crippen LogP contribution in [-0.4, -0.2) is 73.8 Å². The third-order valence-corrected chi connectivity index (χ3v) is 8.91. The lowest BCUT2D eigenvalue weighted by Crippen LogP contribution is -2.42. The molecule has 2 aliphatic heterocycles. The zero-order valence-corrected chi connectivity index (χ0v) is 28.6. The second-order valence-corrected chi connectivity index (χ2v) is 12.5. The lowest BCUT2D eigenvalue weighted by atomic mass is 10.0. The van der Waals surface area contributed by atoms with Gasteiger partial charge in [0.1, 0.15) is 23.9 Å². The lowest BCUT2D eigenvalue weighted by molar-refractivity contribution is -0.137. The number of carbonyl (C=O) groups excluding carboxylic acids is 2. The normalized spacial score (nSPS) is 16.8. The third-order valence-electron chi connectivity index (χ3n) is 8.91. The van der Waals surface area contributed by atoms with E-state index in [0.717, 1.165) is 36.4 Å². The zero-order valence-electron chi connectivity index (χ0n) is 28.6. The number of alkyl halides is 3. The molecule has 274 valence electrons. The van der Waals surface area contributed by atoms with Gasteiger partial charge in [-0.2, -0.15) is 13.2 Å². The second kappa shape index (κ2) is 16.0. The zero-order chi connectivity index (χ0) is 36.8. The summed E-state index contributed by atoms with van der Waals surface area (Å²) in [5.74, 6) is -0.747. The van der Waals surface area contributed by atoms with Crippen molar-refractivity contribution in [1.82, 2.24) is 15.2 Å². The summed E-state index contributed by atoms with van der Waals surface area (Å²) in [5.41, 5.74) is 0.230. The Morgan fingerprint density at radius 2 is 1.85 bits per heavy atom. The second-order valence-electron chi connectivity index (χ2n) is 12.5. The highest BCUT2D eigenvalue weighted by Gasteiger charge is 2.38. The van der Waals surface area contributed by atoms with E-state index >= 15 is 4.39 Å². The highest BCUT2D eigenvalue weighted by atomic mass is 19.4. The minimum Gasteiger partial charge on any atom is -0.497 e. The topological polar surface area (TPSA) is 111 Å². The lowest BCUT2D eigenvalue weighted by Gasteiger charge is -2.26. The molecule has 52 heavy (non-hydrogen) atoms. The van der Waals surface area contributed by atoms with Crippen LogP contribution in [0, 0.1) is 5.82 Å². The maximum Gasteiger partial charge on any atom is 0.416 e. The molecule has 14 heteroatoms. The minimum absolute atomic E-state index is 0.0116. The van der Waals surface area contributed by atoms with Crippen molar-refractivity contribution in [3.05, 3.63) is 101 Å². The van der Waals surface area contributed by atoms with Gasteiger partial charge in [0.15, 0.2) is 0 Å². The Labute approximate surface area is 298 Å². The van der Waals surface area contributed by atoms with E-state index in [-0.39, 0.29) is 42.1 Å². The van der Waals surface area contributed by atoms with Crippen LogP contribution >= 0.6 is 0 Å². The van der Waals surface area contributed by atoms with Gasteiger partial charge in [-0.25, -0.2) is 9.37 Å². The van der Waals surface area contributed by atoms with Crippen molar-refractivity contribution in [2.45, 2.75) is 44.7 Å². The Kier molecular flexibility index (Phi) is 11.2. The molecule has 2 N–H and O–H groups in total. The number of ether oxygens (including phenoxy) is 4. The van der Waals surface area contributed by atoms with Gasteiger partial charge in [-0.05, 0) is 66.4 Å². The Morgan fingerprint density at radius 3 is 2.52 bits per heavy atom. The highest BCUT2D eigenvalue weighted by Crippen LogP contribution is 2.35. The summed E-state index contributed by atoms with van der Waals surface area (Å²) in [5, 5.41) is 5.06. The summed E-state index contributed by atoms with van der Waals surface area (Å²) in [4.78, 5) is 32.4. The molecule has 3 aromatic carbocycles. The van der Waals surface area contributed by atoms with Gasteiger partial charge in [0, 0.05) is 54.8 Å². The number of carbonyl (C=O) groups is 2. The maximum atomic E-state index is 15.4. The van der Waals surface area contributed by atoms with E-state index in [1.807, 2.05) is 24.3 Å². The molecule has 6 rings (SSSR count). The Balaban J connectivity index is 1.10. The molecule has 0 aliphatic carbocycles. The van der Waals surface area contributed by atoms with Crippen LogP contribution in [0.15, 0.2) is 72.9 Å². The first-order valence-corrected chi connectivity index (χ1v) is 16.8. The molecule has 2 fully saturated rings. The van der Waals surface area contributed by atoms with E-state index in [4.69, 9.17) is 18.9 Å². The summed E-state index contributed by atoms with van der Waals surface area (Å²) < 4.78 is 79.0. The summed E-state index contributed by atoms with van der Waals surface area (Å²) in [6.07, 6.45) is -2.63. The van der Waals surface area contributed by atoms with Gasteiger partial charge < -0.3 is 29.6 Å². The molecular formula is C38H38F4N4O6. The van der Waals surface area contributed by atoms with Crippen LogP contribution in [0.4, 0.5) is 23.2 Å². The average molecular weight is 723 g/mol. The van der Waals surface area contributed by atoms with Crippen LogP contribution in [-0.2, 0) is 28.7 Å². The standard InChI is InChI=1S/C38H38F4N4O6/c1-3-50-34-18-36(52-21-23-4-8-30(49-2)9-5-23)44-19-32(34)24-6-7-25(33(39)14-24)15-35(47)45-28-13-26(12-27(16-28)38(40,41)42)37(48)43-10-11-46-20-31-17-29(46)22-51-31/h4-9,12-14,16,18-19,29,31H,3,10-11,15,17,20-22H2,1-2H3,(H,43,48)(H,45,47)/t29-,31-/m0/s1. The van der Waals surface area contributed by atoms with Gasteiger partial charge in [0.05, 0.1) is 38.4 Å². The van der Waals surface area contributed by atoms with E-state index in [1.54, 1.807) is 26.2 Å². The number of anilines is 1. The van der Waals surface area contributed by atoms with Gasteiger partial charge in [-0.1, -0.05) is 24.3 Å². The number of pyridine rings is 1. The summed E-state index contributed by atoms with van der Waals surface area (Å²) in [6, 6.07) is 16.1. The molecule has 0 unspecified atom stereocenters. The average Bonchev–Trinajstić information content (AvgIpc) is 3.75. The molecule has 2 amide bonds. The molecule has 4 aromatic rings. The molecule has 2 aliphatic rings. The number of nitrogens with one attached hydrogen (secondary N) is 2. The van der Waals surface area contributed by atoms with Gasteiger partial charge in [0.25, 0.3) is 5.91 Å². The highest BCUT2D eigenvalue weighted by molar-refractivity contribution is 5.98. The number of amides is 2. The number of hydrogen-bond acceptors (Lipinski definition) is 8. The molecule has 0 saturated carbocycles. The van der Waals surface area contributed by atoms with Crippen molar-refractivity contribution in [1.29, 1.82) is 0 Å². The van der Waals surface area contributed by atoms with Gasteiger partial charge in [-0.15, -0.1) is 0 Å². The van der Waals surface area contributed by atoms with Crippen LogP contribution < -0.4 is 24.8 Å². The fraction of sp³-hybridized carbons (Fsp3) is 0.342. The number of likely N-dealkylation sites (tertiary alicyclic amines) is 1. The first-order valence-electron chi connectivity index (χ1n) is 16.8. The number of halogens is 4. The van der Waals surface area contributed by atoms with E-state index in [2.05, 4.69) is 20.5 Å². The first kappa shape index (κ1) is 36.6. The Bertz CT molecular complexity index is 1910. The van der Waals surface area contributed by atoms with Crippen LogP contribution in [0.25, 0.3) is 11.1 Å². The Morgan fingerprint density at radius 1 is 1.04 bits per heavy atom. The van der Waals surface area contributed by atoms with Crippen molar-refractivity contribution in [2.75, 3.05) is 45.3 Å². The molecule has 2 atom stereocenters. The SMILES string of the molecule is CCOc1cc(OCc2ccc(OC)cc2)ncc1-c1ccc(CC(=O)Nc2cc(C(=O)NCCN3C[C@@H]4C[C@H]3CO4)cc(C(F)(F)F)c2)c(F)c1.